The second-order valence-electron chi connectivity index (χ2n) is 12.1. The summed E-state index contributed by atoms with van der Waals surface area (Å²) < 4.78 is 12.2. The number of aliphatic hydroxyl groups is 3. The van der Waals surface area contributed by atoms with Crippen LogP contribution in [-0.2, 0) is 19.1 Å². The Morgan fingerprint density at radius 3 is 2.32 bits per heavy atom. The molecule has 0 aromatic heterocycles. The average Bonchev–Trinajstić information content (AvgIpc) is 2.84. The van der Waals surface area contributed by atoms with Gasteiger partial charge >= 0.3 is 11.9 Å². The van der Waals surface area contributed by atoms with Gasteiger partial charge in [0, 0.05) is 24.7 Å². The predicted molar refractivity (Wildman–Crippen MR) is 137 cm³/mol. The van der Waals surface area contributed by atoms with E-state index in [1.54, 1.807) is 64.1 Å². The second-order valence-corrected chi connectivity index (χ2v) is 12.1. The summed E-state index contributed by atoms with van der Waals surface area (Å²) in [5.41, 5.74) is -5.01. The molecule has 0 unspecified atom stereocenters. The van der Waals surface area contributed by atoms with Crippen LogP contribution in [0.4, 0.5) is 0 Å². The van der Waals surface area contributed by atoms with Gasteiger partial charge in [0.15, 0.2) is 5.78 Å². The molecule has 2 bridgehead atoms. The number of benzene rings is 1. The largest absolute Gasteiger partial charge is 0.458 e. The number of rotatable bonds is 3. The van der Waals surface area contributed by atoms with Crippen LogP contribution >= 0.6 is 0 Å². The molecule has 204 valence electrons. The Bertz CT molecular complexity index is 1250. The van der Waals surface area contributed by atoms with Crippen molar-refractivity contribution in [3.05, 3.63) is 59.2 Å². The molecule has 5 rings (SSSR count). The van der Waals surface area contributed by atoms with Gasteiger partial charge in [-0.25, -0.2) is 4.79 Å². The minimum Gasteiger partial charge on any atom is -0.458 e. The third kappa shape index (κ3) is 3.43. The molecular formula is C30H36O8. The fraction of sp³-hybridized carbons (Fsp3) is 0.567. The first-order valence-corrected chi connectivity index (χ1v) is 13.2. The standard InChI is InChI=1S/C30H36O8/c1-16-20(32)15-30(36)25(37-26(35)18-9-7-6-8-10-18)23-28(5,24(34)22(33)21(16)27(30,3)4)13-11-19-12-14-29(19,23)38-17(2)31/h6-11,13,19-20,22-23,25,32-33,36H,12,14-15H2,1-5H3/t19-,20-,22+,23-,25-,28+,29-,30+/m0/s1. The molecule has 0 saturated heterocycles. The van der Waals surface area contributed by atoms with Crippen molar-refractivity contribution in [1.29, 1.82) is 0 Å². The Balaban J connectivity index is 1.80. The van der Waals surface area contributed by atoms with E-state index >= 15 is 0 Å². The lowest BCUT2D eigenvalue weighted by atomic mass is 9.43. The zero-order valence-corrected chi connectivity index (χ0v) is 22.4. The Labute approximate surface area is 222 Å². The summed E-state index contributed by atoms with van der Waals surface area (Å²) in [7, 11) is 0. The van der Waals surface area contributed by atoms with Crippen LogP contribution in [0.5, 0.6) is 0 Å². The van der Waals surface area contributed by atoms with Crippen molar-refractivity contribution in [2.45, 2.75) is 83.4 Å². The maximum atomic E-state index is 14.2. The van der Waals surface area contributed by atoms with Gasteiger partial charge in [-0.2, -0.15) is 0 Å². The minimum atomic E-state index is -1.92. The number of fused-ring (bicyclic) bond motifs is 5. The number of esters is 2. The summed E-state index contributed by atoms with van der Waals surface area (Å²) in [6.07, 6.45) is 0.256. The Hall–Kier alpha value is -2.81. The number of ether oxygens (including phenoxy) is 2. The highest BCUT2D eigenvalue weighted by molar-refractivity contribution is 5.95. The van der Waals surface area contributed by atoms with Crippen LogP contribution in [0.3, 0.4) is 0 Å². The highest BCUT2D eigenvalue weighted by Crippen LogP contribution is 2.65. The molecule has 1 aromatic carbocycles. The van der Waals surface area contributed by atoms with Gasteiger partial charge in [0.25, 0.3) is 0 Å². The van der Waals surface area contributed by atoms with Gasteiger partial charge in [-0.1, -0.05) is 44.2 Å². The van der Waals surface area contributed by atoms with Gasteiger partial charge in [-0.3, -0.25) is 9.59 Å². The molecule has 0 aliphatic heterocycles. The highest BCUT2D eigenvalue weighted by atomic mass is 16.6. The number of hydrogen-bond donors (Lipinski definition) is 3. The molecule has 4 aliphatic rings. The molecule has 4 aliphatic carbocycles. The zero-order chi connectivity index (χ0) is 27.8. The van der Waals surface area contributed by atoms with Crippen LogP contribution < -0.4 is 0 Å². The fourth-order valence-corrected chi connectivity index (χ4v) is 7.69. The molecule has 8 nitrogen and oxygen atoms in total. The Kier molecular flexibility index (Phi) is 6.06. The van der Waals surface area contributed by atoms with Gasteiger partial charge in [-0.15, -0.1) is 0 Å². The lowest BCUT2D eigenvalue weighted by Crippen LogP contribution is -2.75. The third-order valence-corrected chi connectivity index (χ3v) is 9.91. The topological polar surface area (TPSA) is 130 Å². The number of aliphatic hydroxyl groups excluding tert-OH is 2. The molecule has 8 atom stereocenters. The number of carbonyl (C=O) groups is 3. The quantitative estimate of drug-likeness (QED) is 0.407. The molecule has 38 heavy (non-hydrogen) atoms. The number of hydrogen-bond acceptors (Lipinski definition) is 8. The van der Waals surface area contributed by atoms with E-state index in [2.05, 4.69) is 0 Å². The molecule has 0 heterocycles. The highest BCUT2D eigenvalue weighted by Gasteiger charge is 2.73. The molecule has 3 N–H and O–H groups in total. The summed E-state index contributed by atoms with van der Waals surface area (Å²) in [5, 5.41) is 35.3. The van der Waals surface area contributed by atoms with Crippen LogP contribution in [0.1, 0.15) is 64.2 Å². The van der Waals surface area contributed by atoms with Crippen molar-refractivity contribution in [2.75, 3.05) is 0 Å². The Morgan fingerprint density at radius 2 is 1.74 bits per heavy atom. The van der Waals surface area contributed by atoms with Crippen molar-refractivity contribution < 1.29 is 39.2 Å². The van der Waals surface area contributed by atoms with E-state index in [1.807, 2.05) is 6.08 Å². The van der Waals surface area contributed by atoms with Gasteiger partial charge in [-0.05, 0) is 50.0 Å². The van der Waals surface area contributed by atoms with E-state index in [4.69, 9.17) is 9.47 Å². The third-order valence-electron chi connectivity index (χ3n) is 9.91. The maximum absolute atomic E-state index is 14.2. The summed E-state index contributed by atoms with van der Waals surface area (Å²) in [5.74, 6) is -3.10. The summed E-state index contributed by atoms with van der Waals surface area (Å²) in [4.78, 5) is 40.2. The molecule has 2 saturated carbocycles. The van der Waals surface area contributed by atoms with Gasteiger partial charge in [0.2, 0.25) is 0 Å². The van der Waals surface area contributed by atoms with E-state index in [9.17, 15) is 29.7 Å². The van der Waals surface area contributed by atoms with Crippen LogP contribution in [0.2, 0.25) is 0 Å². The number of Topliss-reactive ketones (excluding diaryl/α,β-unsaturated/α-hetero) is 1. The molecular weight excluding hydrogens is 488 g/mol. The Morgan fingerprint density at radius 1 is 1.08 bits per heavy atom. The fourth-order valence-electron chi connectivity index (χ4n) is 7.69. The van der Waals surface area contributed by atoms with Crippen molar-refractivity contribution in [2.24, 2.45) is 22.7 Å². The summed E-state index contributed by atoms with van der Waals surface area (Å²) in [6, 6.07) is 8.33. The average molecular weight is 525 g/mol. The molecule has 1 aromatic rings. The first kappa shape index (κ1) is 26.8. The number of carbonyl (C=O) groups excluding carboxylic acids is 3. The van der Waals surface area contributed by atoms with Crippen LogP contribution in [-0.4, -0.2) is 62.6 Å². The first-order chi connectivity index (χ1) is 17.7. The summed E-state index contributed by atoms with van der Waals surface area (Å²) >= 11 is 0. The van der Waals surface area contributed by atoms with Crippen molar-refractivity contribution in [3.8, 4) is 0 Å². The molecule has 2 fully saturated rings. The van der Waals surface area contributed by atoms with Crippen molar-refractivity contribution in [3.63, 3.8) is 0 Å². The van der Waals surface area contributed by atoms with Crippen LogP contribution in [0.25, 0.3) is 0 Å². The van der Waals surface area contributed by atoms with E-state index < -0.39 is 64.0 Å². The van der Waals surface area contributed by atoms with Crippen LogP contribution in [0.15, 0.2) is 53.6 Å². The molecule has 0 spiro atoms. The first-order valence-electron chi connectivity index (χ1n) is 13.2. The number of allylic oxidation sites excluding steroid dienone is 1. The lowest BCUT2D eigenvalue weighted by Gasteiger charge is -2.65. The zero-order valence-electron chi connectivity index (χ0n) is 22.4. The van der Waals surface area contributed by atoms with E-state index in [0.29, 0.717) is 18.4 Å². The minimum absolute atomic E-state index is 0.194. The smallest absolute Gasteiger partial charge is 0.338 e. The van der Waals surface area contributed by atoms with E-state index in [-0.39, 0.29) is 23.5 Å². The monoisotopic (exact) mass is 524 g/mol. The van der Waals surface area contributed by atoms with E-state index in [1.165, 1.54) is 6.92 Å². The van der Waals surface area contributed by atoms with Gasteiger partial charge in [0.1, 0.15) is 23.4 Å². The predicted octanol–water partition coefficient (Wildman–Crippen LogP) is 2.90. The van der Waals surface area contributed by atoms with Crippen molar-refractivity contribution in [1.82, 2.24) is 0 Å². The van der Waals surface area contributed by atoms with Gasteiger partial charge < -0.3 is 24.8 Å². The summed E-state index contributed by atoms with van der Waals surface area (Å²) in [6.45, 7) is 7.96. The lowest BCUT2D eigenvalue weighted by molar-refractivity contribution is -0.260. The van der Waals surface area contributed by atoms with Crippen molar-refractivity contribution >= 4 is 17.7 Å². The van der Waals surface area contributed by atoms with E-state index in [0.717, 1.165) is 0 Å². The normalized spacial score (nSPS) is 41.2. The molecule has 8 heteroatoms. The second kappa shape index (κ2) is 8.60. The number of ketones is 1. The molecule has 0 radical (unpaired) electrons. The van der Waals surface area contributed by atoms with Gasteiger partial charge in [0.05, 0.1) is 23.0 Å². The SMILES string of the molecule is CC(=O)O[C@@]12CC[C@@H]1C=C[C@@]1(C)C(=O)[C@H](O)C3=C(C)[C@@H](O)C[C@@](O)([C@@H](OC(=O)c4ccccc4)[C@H]21)C3(C)C. The molecule has 0 amide bonds. The van der Waals surface area contributed by atoms with Crippen LogP contribution in [0, 0.1) is 22.7 Å². The maximum Gasteiger partial charge on any atom is 0.338 e.